The third kappa shape index (κ3) is 3.24. The molecule has 0 saturated carbocycles. The number of hydrogen-bond donors (Lipinski definition) is 2. The molecule has 14 heavy (non-hydrogen) atoms. The lowest BCUT2D eigenvalue weighted by Gasteiger charge is -2.14. The van der Waals surface area contributed by atoms with E-state index in [-0.39, 0.29) is 0 Å². The largest absolute Gasteiger partial charge is 0.382 e. The Morgan fingerprint density at radius 2 is 2.14 bits per heavy atom. The standard InChI is InChI=1S/C10H12BrIN2/c1-6(2)14-9-5-7(11)3-4-8(9)10(12)13/h3-6,13-14H,1-2H3. The number of rotatable bonds is 3. The average Bonchev–Trinajstić information content (AvgIpc) is 2.01. The van der Waals surface area contributed by atoms with Crippen molar-refractivity contribution in [3.8, 4) is 0 Å². The Morgan fingerprint density at radius 1 is 1.50 bits per heavy atom. The normalized spacial score (nSPS) is 10.4. The zero-order valence-corrected chi connectivity index (χ0v) is 11.8. The lowest BCUT2D eigenvalue weighted by atomic mass is 10.2. The molecule has 2 nitrogen and oxygen atoms in total. The molecule has 4 heteroatoms. The van der Waals surface area contributed by atoms with Crippen molar-refractivity contribution in [2.45, 2.75) is 19.9 Å². The van der Waals surface area contributed by atoms with Crippen molar-refractivity contribution < 1.29 is 0 Å². The second-order valence-electron chi connectivity index (χ2n) is 3.30. The van der Waals surface area contributed by atoms with Crippen LogP contribution >= 0.6 is 38.5 Å². The Kier molecular flexibility index (Phi) is 4.37. The van der Waals surface area contributed by atoms with Gasteiger partial charge < -0.3 is 5.32 Å². The molecule has 0 spiro atoms. The summed E-state index contributed by atoms with van der Waals surface area (Å²) in [5.74, 6) is 0. The van der Waals surface area contributed by atoms with Crippen LogP contribution in [0.1, 0.15) is 19.4 Å². The van der Waals surface area contributed by atoms with Gasteiger partial charge in [0.15, 0.2) is 0 Å². The molecule has 2 N–H and O–H groups in total. The molecule has 0 saturated heterocycles. The molecular formula is C10H12BrIN2. The Labute approximate surface area is 106 Å². The Morgan fingerprint density at radius 3 is 2.64 bits per heavy atom. The number of anilines is 1. The summed E-state index contributed by atoms with van der Waals surface area (Å²) in [4.78, 5) is 0. The molecule has 0 bridgehead atoms. The van der Waals surface area contributed by atoms with E-state index in [1.54, 1.807) is 0 Å². The first-order valence-electron chi connectivity index (χ1n) is 4.31. The lowest BCUT2D eigenvalue weighted by Crippen LogP contribution is -2.12. The zero-order valence-electron chi connectivity index (χ0n) is 8.07. The Hall–Kier alpha value is -0.100. The predicted octanol–water partition coefficient (Wildman–Crippen LogP) is 4.03. The topological polar surface area (TPSA) is 35.9 Å². The third-order valence-electron chi connectivity index (χ3n) is 1.66. The molecule has 1 aromatic rings. The van der Waals surface area contributed by atoms with Crippen LogP contribution in [0.5, 0.6) is 0 Å². The first kappa shape index (κ1) is 12.0. The molecule has 1 aromatic carbocycles. The number of halogens is 2. The summed E-state index contributed by atoms with van der Waals surface area (Å²) in [6, 6.07) is 6.28. The maximum Gasteiger partial charge on any atom is 0.101 e. The molecule has 0 aliphatic rings. The summed E-state index contributed by atoms with van der Waals surface area (Å²) < 4.78 is 1.58. The minimum Gasteiger partial charge on any atom is -0.382 e. The summed E-state index contributed by atoms with van der Waals surface area (Å²) in [5.41, 5.74) is 1.95. The molecular weight excluding hydrogens is 355 g/mol. The van der Waals surface area contributed by atoms with E-state index < -0.39 is 0 Å². The maximum atomic E-state index is 7.62. The summed E-state index contributed by atoms with van der Waals surface area (Å²) >= 11 is 5.44. The maximum absolute atomic E-state index is 7.62. The Bertz CT molecular complexity index is 350. The third-order valence-corrected chi connectivity index (χ3v) is 2.74. The molecule has 0 unspecified atom stereocenters. The smallest absolute Gasteiger partial charge is 0.101 e. The van der Waals surface area contributed by atoms with E-state index >= 15 is 0 Å². The summed E-state index contributed by atoms with van der Waals surface area (Å²) in [5, 5.41) is 10.9. The van der Waals surface area contributed by atoms with E-state index in [9.17, 15) is 0 Å². The van der Waals surface area contributed by atoms with Crippen LogP contribution in [0.25, 0.3) is 0 Å². The van der Waals surface area contributed by atoms with Crippen LogP contribution in [-0.2, 0) is 0 Å². The molecule has 0 atom stereocenters. The molecule has 0 aliphatic carbocycles. The quantitative estimate of drug-likeness (QED) is 0.614. The Balaban J connectivity index is 3.09. The van der Waals surface area contributed by atoms with Crippen molar-refractivity contribution in [1.82, 2.24) is 0 Å². The van der Waals surface area contributed by atoms with Gasteiger partial charge in [-0.1, -0.05) is 15.9 Å². The fraction of sp³-hybridized carbons (Fsp3) is 0.300. The average molecular weight is 367 g/mol. The monoisotopic (exact) mass is 366 g/mol. The molecule has 0 aromatic heterocycles. The van der Waals surface area contributed by atoms with Gasteiger partial charge in [0.2, 0.25) is 0 Å². The van der Waals surface area contributed by atoms with Gasteiger partial charge in [-0.05, 0) is 54.6 Å². The van der Waals surface area contributed by atoms with E-state index in [0.717, 1.165) is 15.7 Å². The van der Waals surface area contributed by atoms with Gasteiger partial charge in [-0.2, -0.15) is 0 Å². The van der Waals surface area contributed by atoms with Crippen LogP contribution in [0.4, 0.5) is 5.69 Å². The van der Waals surface area contributed by atoms with E-state index in [1.165, 1.54) is 0 Å². The van der Waals surface area contributed by atoms with Gasteiger partial charge >= 0.3 is 0 Å². The second-order valence-corrected chi connectivity index (χ2v) is 5.30. The summed E-state index contributed by atoms with van der Waals surface area (Å²) in [6.07, 6.45) is 0. The van der Waals surface area contributed by atoms with Crippen molar-refractivity contribution in [2.75, 3.05) is 5.32 Å². The van der Waals surface area contributed by atoms with Crippen molar-refractivity contribution in [3.63, 3.8) is 0 Å². The van der Waals surface area contributed by atoms with Crippen LogP contribution < -0.4 is 5.32 Å². The van der Waals surface area contributed by atoms with Crippen molar-refractivity contribution >= 4 is 47.9 Å². The number of hydrogen-bond acceptors (Lipinski definition) is 2. The highest BCUT2D eigenvalue weighted by atomic mass is 127. The molecule has 0 amide bonds. The van der Waals surface area contributed by atoms with Gasteiger partial charge in [-0.15, -0.1) is 0 Å². The fourth-order valence-electron chi connectivity index (χ4n) is 1.14. The predicted molar refractivity (Wildman–Crippen MR) is 73.7 cm³/mol. The van der Waals surface area contributed by atoms with Crippen LogP contribution in [0.15, 0.2) is 22.7 Å². The highest BCUT2D eigenvalue weighted by Crippen LogP contribution is 2.24. The molecule has 1 rings (SSSR count). The van der Waals surface area contributed by atoms with E-state index in [0.29, 0.717) is 9.76 Å². The van der Waals surface area contributed by atoms with Gasteiger partial charge in [0.1, 0.15) is 3.72 Å². The molecule has 0 heterocycles. The molecule has 76 valence electrons. The highest BCUT2D eigenvalue weighted by Gasteiger charge is 2.06. The van der Waals surface area contributed by atoms with Crippen molar-refractivity contribution in [3.05, 3.63) is 28.2 Å². The van der Waals surface area contributed by atoms with Gasteiger partial charge in [-0.3, -0.25) is 5.41 Å². The lowest BCUT2D eigenvalue weighted by molar-refractivity contribution is 0.899. The van der Waals surface area contributed by atoms with Crippen LogP contribution in [0.3, 0.4) is 0 Å². The summed E-state index contributed by atoms with van der Waals surface area (Å²) in [7, 11) is 0. The number of benzene rings is 1. The first-order valence-corrected chi connectivity index (χ1v) is 6.18. The van der Waals surface area contributed by atoms with E-state index in [1.807, 2.05) is 40.8 Å². The van der Waals surface area contributed by atoms with E-state index in [2.05, 4.69) is 35.1 Å². The minimum atomic E-state index is 0.374. The van der Waals surface area contributed by atoms with E-state index in [4.69, 9.17) is 5.41 Å². The van der Waals surface area contributed by atoms with Crippen molar-refractivity contribution in [1.29, 1.82) is 5.41 Å². The molecule has 0 fully saturated rings. The van der Waals surface area contributed by atoms with Crippen LogP contribution in [0.2, 0.25) is 0 Å². The fourth-order valence-corrected chi connectivity index (χ4v) is 1.97. The number of nitrogens with one attached hydrogen (secondary N) is 2. The first-order chi connectivity index (χ1) is 6.50. The second kappa shape index (κ2) is 5.11. The minimum absolute atomic E-state index is 0.374. The van der Waals surface area contributed by atoms with Crippen molar-refractivity contribution in [2.24, 2.45) is 0 Å². The zero-order chi connectivity index (χ0) is 10.7. The van der Waals surface area contributed by atoms with Crippen LogP contribution in [0, 0.1) is 5.41 Å². The van der Waals surface area contributed by atoms with Gasteiger partial charge in [-0.25, -0.2) is 0 Å². The van der Waals surface area contributed by atoms with Gasteiger partial charge in [0.05, 0.1) is 0 Å². The highest BCUT2D eigenvalue weighted by molar-refractivity contribution is 14.1. The van der Waals surface area contributed by atoms with Gasteiger partial charge in [0.25, 0.3) is 0 Å². The summed E-state index contributed by atoms with van der Waals surface area (Å²) in [6.45, 7) is 4.17. The SMILES string of the molecule is CC(C)Nc1cc(Br)ccc1C(=N)I. The van der Waals surface area contributed by atoms with Gasteiger partial charge in [0, 0.05) is 21.8 Å². The van der Waals surface area contributed by atoms with Crippen LogP contribution in [-0.4, -0.2) is 9.76 Å². The molecule has 0 radical (unpaired) electrons. The molecule has 0 aliphatic heterocycles.